The first-order chi connectivity index (χ1) is 12.5. The molecule has 130 valence electrons. The summed E-state index contributed by atoms with van der Waals surface area (Å²) in [6.45, 7) is 3.79. The Balaban J connectivity index is 1.60. The fourth-order valence-electron chi connectivity index (χ4n) is 2.74. The third kappa shape index (κ3) is 2.95. The van der Waals surface area contributed by atoms with Gasteiger partial charge in [0.1, 0.15) is 5.75 Å². The quantitative estimate of drug-likeness (QED) is 0.743. The molecule has 0 saturated carbocycles. The van der Waals surface area contributed by atoms with Gasteiger partial charge in [0, 0.05) is 11.3 Å². The smallest absolute Gasteiger partial charge is 0.262 e. The van der Waals surface area contributed by atoms with Crippen molar-refractivity contribution < 1.29 is 14.3 Å². The van der Waals surface area contributed by atoms with E-state index in [1.54, 1.807) is 36.4 Å². The maximum Gasteiger partial charge on any atom is 0.262 e. The summed E-state index contributed by atoms with van der Waals surface area (Å²) in [5.41, 5.74) is 4.70. The van der Waals surface area contributed by atoms with Gasteiger partial charge in [0.15, 0.2) is 6.61 Å². The van der Waals surface area contributed by atoms with Gasteiger partial charge in [-0.15, -0.1) is 0 Å². The van der Waals surface area contributed by atoms with E-state index >= 15 is 0 Å². The van der Waals surface area contributed by atoms with Crippen molar-refractivity contribution >= 4 is 34.2 Å². The van der Waals surface area contributed by atoms with Crippen molar-refractivity contribution in [2.45, 2.75) is 13.8 Å². The maximum absolute atomic E-state index is 12.6. The fourth-order valence-corrected chi connectivity index (χ4v) is 2.74. The van der Waals surface area contributed by atoms with Gasteiger partial charge >= 0.3 is 0 Å². The van der Waals surface area contributed by atoms with Crippen LogP contribution in [0, 0.1) is 13.8 Å². The topological polar surface area (TPSA) is 93.2 Å². The minimum atomic E-state index is -0.269. The predicted octanol–water partition coefficient (Wildman–Crippen LogP) is 2.83. The Morgan fingerprint density at radius 2 is 1.85 bits per heavy atom. The van der Waals surface area contributed by atoms with Crippen LogP contribution in [0.1, 0.15) is 21.7 Å². The number of nitrogens with one attached hydrogen (secondary N) is 2. The van der Waals surface area contributed by atoms with Crippen molar-refractivity contribution in [3.8, 4) is 5.75 Å². The first-order valence-corrected chi connectivity index (χ1v) is 8.13. The predicted molar refractivity (Wildman–Crippen MR) is 97.5 cm³/mol. The number of carbonyl (C=O) groups is 2. The van der Waals surface area contributed by atoms with Crippen molar-refractivity contribution in [2.75, 3.05) is 17.2 Å². The van der Waals surface area contributed by atoms with E-state index in [0.717, 1.165) is 16.9 Å². The second-order valence-corrected chi connectivity index (χ2v) is 6.10. The SMILES string of the molecule is Cc1nc2ccc(C(=O)Nc3ccc4c(c3)NC(=O)CO4)cc2nc1C. The average Bonchev–Trinajstić information content (AvgIpc) is 2.62. The molecule has 0 bridgehead atoms. The maximum atomic E-state index is 12.6. The third-order valence-electron chi connectivity index (χ3n) is 4.21. The van der Waals surface area contributed by atoms with E-state index < -0.39 is 0 Å². The number of hydrogen-bond donors (Lipinski definition) is 2. The zero-order valence-corrected chi connectivity index (χ0v) is 14.3. The number of amides is 2. The second kappa shape index (κ2) is 6.11. The molecule has 0 spiro atoms. The summed E-state index contributed by atoms with van der Waals surface area (Å²) in [5, 5.41) is 5.54. The van der Waals surface area contributed by atoms with Crippen molar-refractivity contribution in [1.82, 2.24) is 9.97 Å². The van der Waals surface area contributed by atoms with Crippen LogP contribution < -0.4 is 15.4 Å². The highest BCUT2D eigenvalue weighted by Gasteiger charge is 2.17. The molecule has 0 fully saturated rings. The molecule has 1 aliphatic heterocycles. The van der Waals surface area contributed by atoms with Crippen LogP contribution in [-0.2, 0) is 4.79 Å². The van der Waals surface area contributed by atoms with E-state index in [4.69, 9.17) is 4.74 Å². The van der Waals surface area contributed by atoms with Crippen LogP contribution in [0.4, 0.5) is 11.4 Å². The number of aromatic nitrogens is 2. The van der Waals surface area contributed by atoms with Gasteiger partial charge in [0.25, 0.3) is 11.8 Å². The molecule has 0 aliphatic carbocycles. The van der Waals surface area contributed by atoms with Crippen LogP contribution in [0.25, 0.3) is 11.0 Å². The number of hydrogen-bond acceptors (Lipinski definition) is 5. The van der Waals surface area contributed by atoms with Gasteiger partial charge in [-0.3, -0.25) is 9.59 Å². The molecule has 2 amide bonds. The van der Waals surface area contributed by atoms with Crippen LogP contribution >= 0.6 is 0 Å². The van der Waals surface area contributed by atoms with E-state index in [-0.39, 0.29) is 18.4 Å². The lowest BCUT2D eigenvalue weighted by Gasteiger charge is -2.18. The van der Waals surface area contributed by atoms with E-state index in [0.29, 0.717) is 28.2 Å². The molecule has 1 aliphatic rings. The van der Waals surface area contributed by atoms with Gasteiger partial charge in [0.05, 0.1) is 28.1 Å². The highest BCUT2D eigenvalue weighted by Crippen LogP contribution is 2.30. The molecule has 0 radical (unpaired) electrons. The van der Waals surface area contributed by atoms with E-state index in [2.05, 4.69) is 20.6 Å². The highest BCUT2D eigenvalue weighted by molar-refractivity contribution is 6.06. The van der Waals surface area contributed by atoms with Gasteiger partial charge < -0.3 is 15.4 Å². The Bertz CT molecular complexity index is 1060. The van der Waals surface area contributed by atoms with Crippen molar-refractivity contribution in [3.63, 3.8) is 0 Å². The Labute approximate surface area is 149 Å². The lowest BCUT2D eigenvalue weighted by atomic mass is 10.1. The van der Waals surface area contributed by atoms with Gasteiger partial charge in [-0.25, -0.2) is 9.97 Å². The normalized spacial score (nSPS) is 12.9. The van der Waals surface area contributed by atoms with Gasteiger partial charge in [-0.2, -0.15) is 0 Å². The summed E-state index contributed by atoms with van der Waals surface area (Å²) in [4.78, 5) is 32.9. The van der Waals surface area contributed by atoms with Gasteiger partial charge in [-0.1, -0.05) is 0 Å². The zero-order chi connectivity index (χ0) is 18.3. The van der Waals surface area contributed by atoms with Crippen LogP contribution in [0.5, 0.6) is 5.75 Å². The van der Waals surface area contributed by atoms with Crippen molar-refractivity contribution in [2.24, 2.45) is 0 Å². The molecular formula is C19H16N4O3. The Morgan fingerprint density at radius 3 is 2.65 bits per heavy atom. The minimum absolute atomic E-state index is 0.00424. The van der Waals surface area contributed by atoms with E-state index in [1.165, 1.54) is 0 Å². The summed E-state index contributed by atoms with van der Waals surface area (Å²) >= 11 is 0. The number of carbonyl (C=O) groups excluding carboxylic acids is 2. The molecule has 7 heteroatoms. The molecule has 0 saturated heterocycles. The van der Waals surface area contributed by atoms with Gasteiger partial charge in [0.2, 0.25) is 0 Å². The monoisotopic (exact) mass is 348 g/mol. The lowest BCUT2D eigenvalue weighted by molar-refractivity contribution is -0.118. The summed E-state index contributed by atoms with van der Waals surface area (Å²) in [7, 11) is 0. The molecule has 1 aromatic heterocycles. The minimum Gasteiger partial charge on any atom is -0.482 e. The number of benzene rings is 2. The van der Waals surface area contributed by atoms with Crippen molar-refractivity contribution in [1.29, 1.82) is 0 Å². The van der Waals surface area contributed by atoms with Crippen LogP contribution in [0.3, 0.4) is 0 Å². The number of rotatable bonds is 2. The first-order valence-electron chi connectivity index (χ1n) is 8.13. The third-order valence-corrected chi connectivity index (χ3v) is 4.21. The molecule has 0 atom stereocenters. The standard InChI is InChI=1S/C19H16N4O3/c1-10-11(2)21-15-7-12(3-5-14(15)20-10)19(25)22-13-4-6-17-16(8-13)23-18(24)9-26-17/h3-8H,9H2,1-2H3,(H,22,25)(H,23,24). The van der Waals surface area contributed by atoms with E-state index in [1.807, 2.05) is 13.8 Å². The molecular weight excluding hydrogens is 332 g/mol. The molecule has 2 aromatic carbocycles. The van der Waals surface area contributed by atoms with Gasteiger partial charge in [-0.05, 0) is 50.2 Å². The van der Waals surface area contributed by atoms with Crippen LogP contribution in [0.2, 0.25) is 0 Å². The Morgan fingerprint density at radius 1 is 1.08 bits per heavy atom. The van der Waals surface area contributed by atoms with Crippen LogP contribution in [-0.4, -0.2) is 28.4 Å². The fraction of sp³-hybridized carbons (Fsp3) is 0.158. The van der Waals surface area contributed by atoms with E-state index in [9.17, 15) is 9.59 Å². The molecule has 2 heterocycles. The number of anilines is 2. The Kier molecular flexibility index (Phi) is 3.76. The largest absolute Gasteiger partial charge is 0.482 e. The van der Waals surface area contributed by atoms with Crippen LogP contribution in [0.15, 0.2) is 36.4 Å². The number of nitrogens with zero attached hydrogens (tertiary/aromatic N) is 2. The highest BCUT2D eigenvalue weighted by atomic mass is 16.5. The molecule has 7 nitrogen and oxygen atoms in total. The molecule has 2 N–H and O–H groups in total. The first kappa shape index (κ1) is 16.0. The Hall–Kier alpha value is -3.48. The second-order valence-electron chi connectivity index (χ2n) is 6.10. The number of aryl methyl sites for hydroxylation is 2. The lowest BCUT2D eigenvalue weighted by Crippen LogP contribution is -2.25. The summed E-state index contributed by atoms with van der Waals surface area (Å²) < 4.78 is 5.31. The molecule has 3 aromatic rings. The number of ether oxygens (including phenoxy) is 1. The molecule has 26 heavy (non-hydrogen) atoms. The average molecular weight is 348 g/mol. The molecule has 4 rings (SSSR count). The summed E-state index contributed by atoms with van der Waals surface area (Å²) in [6, 6.07) is 10.3. The zero-order valence-electron chi connectivity index (χ0n) is 14.3. The summed E-state index contributed by atoms with van der Waals surface area (Å²) in [6.07, 6.45) is 0. The number of fused-ring (bicyclic) bond motifs is 2. The van der Waals surface area contributed by atoms with Crippen molar-refractivity contribution in [3.05, 3.63) is 53.3 Å². The molecule has 0 unspecified atom stereocenters. The summed E-state index contributed by atoms with van der Waals surface area (Å²) in [5.74, 6) is 0.0871.